The molecule has 1 atom stereocenters. The highest BCUT2D eigenvalue weighted by atomic mass is 15.4. The minimum absolute atomic E-state index is 0.598. The molecule has 0 aromatic carbocycles. The first-order chi connectivity index (χ1) is 7.29. The summed E-state index contributed by atoms with van der Waals surface area (Å²) in [6.07, 6.45) is 7.18. The van der Waals surface area contributed by atoms with Gasteiger partial charge in [0.25, 0.3) is 0 Å². The van der Waals surface area contributed by atoms with Gasteiger partial charge in [-0.25, -0.2) is 0 Å². The fraction of sp³-hybridized carbons (Fsp3) is 0.818. The molecule has 1 aliphatic rings. The summed E-state index contributed by atoms with van der Waals surface area (Å²) in [7, 11) is 1.92. The van der Waals surface area contributed by atoms with Gasteiger partial charge in [0, 0.05) is 25.7 Å². The maximum atomic E-state index is 4.15. The summed E-state index contributed by atoms with van der Waals surface area (Å²) in [5.41, 5.74) is 1.11. The van der Waals surface area contributed by atoms with E-state index in [1.807, 2.05) is 13.2 Å². The number of hydrogen-bond donors (Lipinski definition) is 1. The Kier molecular flexibility index (Phi) is 3.36. The normalized spacial score (nSPS) is 18.8. The molecule has 1 unspecified atom stereocenters. The van der Waals surface area contributed by atoms with Crippen molar-refractivity contribution in [1.82, 2.24) is 20.3 Å². The minimum atomic E-state index is 0.598. The van der Waals surface area contributed by atoms with E-state index in [1.165, 1.54) is 19.3 Å². The van der Waals surface area contributed by atoms with Crippen molar-refractivity contribution in [3.8, 4) is 0 Å². The van der Waals surface area contributed by atoms with Gasteiger partial charge in [-0.2, -0.15) is 0 Å². The molecule has 0 aliphatic heterocycles. The molecule has 1 N–H and O–H groups in total. The zero-order chi connectivity index (χ0) is 10.7. The van der Waals surface area contributed by atoms with Crippen molar-refractivity contribution >= 4 is 0 Å². The molecule has 0 saturated heterocycles. The first kappa shape index (κ1) is 10.6. The highest BCUT2D eigenvalue weighted by Crippen LogP contribution is 2.30. The summed E-state index contributed by atoms with van der Waals surface area (Å²) >= 11 is 0. The van der Waals surface area contributed by atoms with Gasteiger partial charge >= 0.3 is 0 Å². The molecule has 1 fully saturated rings. The van der Waals surface area contributed by atoms with E-state index in [0.29, 0.717) is 6.04 Å². The van der Waals surface area contributed by atoms with E-state index in [0.717, 1.165) is 24.6 Å². The second kappa shape index (κ2) is 4.75. The number of hydrogen-bond acceptors (Lipinski definition) is 3. The molecule has 1 heterocycles. The zero-order valence-corrected chi connectivity index (χ0v) is 9.61. The van der Waals surface area contributed by atoms with Gasteiger partial charge in [0.05, 0.1) is 5.69 Å². The number of nitrogens with zero attached hydrogens (tertiary/aromatic N) is 3. The Morgan fingerprint density at radius 3 is 2.87 bits per heavy atom. The third-order valence-corrected chi connectivity index (χ3v) is 3.26. The molecule has 4 nitrogen and oxygen atoms in total. The first-order valence-electron chi connectivity index (χ1n) is 5.88. The van der Waals surface area contributed by atoms with E-state index in [9.17, 15) is 0 Å². The van der Waals surface area contributed by atoms with E-state index in [1.54, 1.807) is 4.68 Å². The van der Waals surface area contributed by atoms with E-state index < -0.39 is 0 Å². The molecule has 15 heavy (non-hydrogen) atoms. The Morgan fingerprint density at radius 1 is 1.60 bits per heavy atom. The summed E-state index contributed by atoms with van der Waals surface area (Å²) < 4.78 is 1.78. The topological polar surface area (TPSA) is 42.7 Å². The third-order valence-electron chi connectivity index (χ3n) is 3.26. The number of rotatable bonds is 5. The van der Waals surface area contributed by atoms with Crippen molar-refractivity contribution in [2.75, 3.05) is 6.54 Å². The number of aromatic nitrogens is 3. The Morgan fingerprint density at radius 2 is 2.40 bits per heavy atom. The molecule has 1 saturated carbocycles. The van der Waals surface area contributed by atoms with Crippen molar-refractivity contribution in [3.05, 3.63) is 11.9 Å². The SMILES string of the molecule is CCNC(Cc1cn(C)nn1)C1CCC1. The lowest BCUT2D eigenvalue weighted by Gasteiger charge is -2.33. The van der Waals surface area contributed by atoms with E-state index >= 15 is 0 Å². The fourth-order valence-corrected chi connectivity index (χ4v) is 2.22. The Bertz CT molecular complexity index is 303. The Labute approximate surface area is 91.1 Å². The summed E-state index contributed by atoms with van der Waals surface area (Å²) in [6.45, 7) is 3.21. The van der Waals surface area contributed by atoms with Crippen LogP contribution in [0.1, 0.15) is 31.9 Å². The van der Waals surface area contributed by atoms with Gasteiger partial charge in [-0.05, 0) is 25.3 Å². The second-order valence-corrected chi connectivity index (χ2v) is 4.44. The van der Waals surface area contributed by atoms with Crippen LogP contribution < -0.4 is 5.32 Å². The standard InChI is InChI=1S/C11H20N4/c1-3-12-11(9-5-4-6-9)7-10-8-15(2)14-13-10/h8-9,11-12H,3-7H2,1-2H3. The lowest BCUT2D eigenvalue weighted by Crippen LogP contribution is -2.41. The quantitative estimate of drug-likeness (QED) is 0.789. The van der Waals surface area contributed by atoms with Crippen LogP contribution in [0.3, 0.4) is 0 Å². The van der Waals surface area contributed by atoms with Crippen LogP contribution in [0, 0.1) is 5.92 Å². The summed E-state index contributed by atoms with van der Waals surface area (Å²) in [6, 6.07) is 0.598. The summed E-state index contributed by atoms with van der Waals surface area (Å²) in [4.78, 5) is 0. The molecule has 0 bridgehead atoms. The van der Waals surface area contributed by atoms with Crippen molar-refractivity contribution in [2.24, 2.45) is 13.0 Å². The van der Waals surface area contributed by atoms with Crippen molar-refractivity contribution in [1.29, 1.82) is 0 Å². The Balaban J connectivity index is 1.93. The van der Waals surface area contributed by atoms with Gasteiger partial charge < -0.3 is 5.32 Å². The largest absolute Gasteiger partial charge is 0.314 e. The predicted molar refractivity (Wildman–Crippen MR) is 59.5 cm³/mol. The molecular formula is C11H20N4. The molecule has 0 amide bonds. The molecular weight excluding hydrogens is 188 g/mol. The molecule has 2 rings (SSSR count). The van der Waals surface area contributed by atoms with Crippen LogP contribution in [-0.2, 0) is 13.5 Å². The molecule has 4 heteroatoms. The van der Waals surface area contributed by atoms with Crippen molar-refractivity contribution in [2.45, 2.75) is 38.6 Å². The highest BCUT2D eigenvalue weighted by molar-refractivity contribution is 4.98. The van der Waals surface area contributed by atoms with Crippen LogP contribution in [-0.4, -0.2) is 27.6 Å². The van der Waals surface area contributed by atoms with Crippen LogP contribution in [0.15, 0.2) is 6.20 Å². The van der Waals surface area contributed by atoms with E-state index in [-0.39, 0.29) is 0 Å². The Hall–Kier alpha value is -0.900. The third kappa shape index (κ3) is 2.56. The van der Waals surface area contributed by atoms with Crippen molar-refractivity contribution in [3.63, 3.8) is 0 Å². The van der Waals surface area contributed by atoms with Gasteiger partial charge in [-0.1, -0.05) is 18.6 Å². The molecule has 0 radical (unpaired) electrons. The lowest BCUT2D eigenvalue weighted by molar-refractivity contribution is 0.228. The highest BCUT2D eigenvalue weighted by Gasteiger charge is 2.27. The van der Waals surface area contributed by atoms with E-state index in [2.05, 4.69) is 22.6 Å². The summed E-state index contributed by atoms with van der Waals surface area (Å²) in [5.74, 6) is 0.854. The average Bonchev–Trinajstić information content (AvgIpc) is 2.48. The number of nitrogens with one attached hydrogen (secondary N) is 1. The molecule has 84 valence electrons. The van der Waals surface area contributed by atoms with Gasteiger partial charge in [0.15, 0.2) is 0 Å². The van der Waals surface area contributed by atoms with Crippen LogP contribution in [0.5, 0.6) is 0 Å². The zero-order valence-electron chi connectivity index (χ0n) is 9.61. The number of aryl methyl sites for hydroxylation is 1. The maximum absolute atomic E-state index is 4.15. The monoisotopic (exact) mass is 208 g/mol. The predicted octanol–water partition coefficient (Wildman–Crippen LogP) is 1.14. The maximum Gasteiger partial charge on any atom is 0.0842 e. The minimum Gasteiger partial charge on any atom is -0.314 e. The van der Waals surface area contributed by atoms with Crippen LogP contribution in [0.4, 0.5) is 0 Å². The van der Waals surface area contributed by atoms with Gasteiger partial charge in [0.1, 0.15) is 0 Å². The summed E-state index contributed by atoms with van der Waals surface area (Å²) in [5, 5.41) is 11.7. The smallest absolute Gasteiger partial charge is 0.0842 e. The van der Waals surface area contributed by atoms with Crippen LogP contribution in [0.25, 0.3) is 0 Å². The van der Waals surface area contributed by atoms with Gasteiger partial charge in [-0.3, -0.25) is 4.68 Å². The number of likely N-dealkylation sites (N-methyl/N-ethyl adjacent to an activating group) is 1. The first-order valence-corrected chi connectivity index (χ1v) is 5.88. The van der Waals surface area contributed by atoms with Crippen LogP contribution in [0.2, 0.25) is 0 Å². The van der Waals surface area contributed by atoms with Gasteiger partial charge in [-0.15, -0.1) is 5.10 Å². The molecule has 1 aromatic rings. The van der Waals surface area contributed by atoms with Crippen LogP contribution >= 0.6 is 0 Å². The molecule has 0 spiro atoms. The fourth-order valence-electron chi connectivity index (χ4n) is 2.22. The lowest BCUT2D eigenvalue weighted by atomic mass is 9.78. The molecule has 1 aromatic heterocycles. The average molecular weight is 208 g/mol. The second-order valence-electron chi connectivity index (χ2n) is 4.44. The molecule has 1 aliphatic carbocycles. The van der Waals surface area contributed by atoms with Crippen molar-refractivity contribution < 1.29 is 0 Å². The van der Waals surface area contributed by atoms with Gasteiger partial charge in [0.2, 0.25) is 0 Å². The van der Waals surface area contributed by atoms with E-state index in [4.69, 9.17) is 0 Å².